The van der Waals surface area contributed by atoms with Gasteiger partial charge in [-0.15, -0.1) is 11.3 Å². The summed E-state index contributed by atoms with van der Waals surface area (Å²) in [6, 6.07) is 4.31. The smallest absolute Gasteiger partial charge is 0.138 e. The van der Waals surface area contributed by atoms with Crippen molar-refractivity contribution in [1.29, 1.82) is 0 Å². The van der Waals surface area contributed by atoms with E-state index in [-0.39, 0.29) is 0 Å². The van der Waals surface area contributed by atoms with Gasteiger partial charge in [-0.3, -0.25) is 4.68 Å². The molecular formula is C16H21N5S. The van der Waals surface area contributed by atoms with Crippen molar-refractivity contribution in [1.82, 2.24) is 19.7 Å². The lowest BCUT2D eigenvalue weighted by Gasteiger charge is -2.07. The van der Waals surface area contributed by atoms with E-state index in [0.29, 0.717) is 0 Å². The molecule has 1 N–H and O–H groups in total. The molecule has 0 amide bonds. The maximum atomic E-state index is 4.48. The van der Waals surface area contributed by atoms with Crippen molar-refractivity contribution in [3.05, 3.63) is 34.7 Å². The first-order chi connectivity index (χ1) is 10.7. The first-order valence-corrected chi connectivity index (χ1v) is 8.47. The van der Waals surface area contributed by atoms with E-state index in [4.69, 9.17) is 0 Å². The summed E-state index contributed by atoms with van der Waals surface area (Å²) in [6.07, 6.45) is 3.69. The first kappa shape index (κ1) is 15.0. The molecule has 3 aromatic rings. The van der Waals surface area contributed by atoms with Crippen LogP contribution in [0.25, 0.3) is 10.2 Å². The molecule has 0 aliphatic carbocycles. The summed E-state index contributed by atoms with van der Waals surface area (Å²) in [4.78, 5) is 11.1. The van der Waals surface area contributed by atoms with Gasteiger partial charge in [0.15, 0.2) is 0 Å². The van der Waals surface area contributed by atoms with E-state index in [0.717, 1.165) is 47.7 Å². The van der Waals surface area contributed by atoms with Gasteiger partial charge < -0.3 is 5.32 Å². The number of hydrogen-bond acceptors (Lipinski definition) is 5. The largest absolute Gasteiger partial charge is 0.369 e. The Hall–Kier alpha value is -1.95. The van der Waals surface area contributed by atoms with Crippen molar-refractivity contribution in [2.75, 3.05) is 11.9 Å². The zero-order valence-electron chi connectivity index (χ0n) is 13.3. The van der Waals surface area contributed by atoms with Gasteiger partial charge in [-0.2, -0.15) is 5.10 Å². The Labute approximate surface area is 134 Å². The van der Waals surface area contributed by atoms with Crippen LogP contribution >= 0.6 is 11.3 Å². The van der Waals surface area contributed by atoms with Crippen LogP contribution in [0.2, 0.25) is 0 Å². The molecule has 116 valence electrons. The highest BCUT2D eigenvalue weighted by molar-refractivity contribution is 7.18. The lowest BCUT2D eigenvalue weighted by atomic mass is 10.3. The van der Waals surface area contributed by atoms with Crippen molar-refractivity contribution >= 4 is 27.4 Å². The van der Waals surface area contributed by atoms with Crippen LogP contribution in [0, 0.1) is 13.8 Å². The summed E-state index contributed by atoms with van der Waals surface area (Å²) in [7, 11) is 0. The monoisotopic (exact) mass is 315 g/mol. The minimum absolute atomic E-state index is 0.877. The summed E-state index contributed by atoms with van der Waals surface area (Å²) >= 11 is 1.75. The average molecular weight is 315 g/mol. The van der Waals surface area contributed by atoms with Crippen LogP contribution < -0.4 is 5.32 Å². The van der Waals surface area contributed by atoms with E-state index in [9.17, 15) is 0 Å². The predicted octanol–water partition coefficient (Wildman–Crippen LogP) is 3.57. The Morgan fingerprint density at radius 1 is 1.23 bits per heavy atom. The van der Waals surface area contributed by atoms with E-state index < -0.39 is 0 Å². The van der Waals surface area contributed by atoms with Gasteiger partial charge in [0.25, 0.3) is 0 Å². The molecule has 0 saturated heterocycles. The summed E-state index contributed by atoms with van der Waals surface area (Å²) in [5.74, 6) is 0.939. The molecule has 0 radical (unpaired) electrons. The predicted molar refractivity (Wildman–Crippen MR) is 91.6 cm³/mol. The molecule has 5 nitrogen and oxygen atoms in total. The van der Waals surface area contributed by atoms with Crippen LogP contribution in [-0.2, 0) is 13.0 Å². The standard InChI is InChI=1S/C16H21N5S/c1-4-13-9-14-15(18-10-19-16(14)22-13)17-6-5-7-21-12(3)8-11(2)20-21/h8-10H,4-7H2,1-3H3,(H,17,18,19). The van der Waals surface area contributed by atoms with Crippen molar-refractivity contribution in [2.24, 2.45) is 0 Å². The van der Waals surface area contributed by atoms with Gasteiger partial charge >= 0.3 is 0 Å². The van der Waals surface area contributed by atoms with Gasteiger partial charge in [0.2, 0.25) is 0 Å². The average Bonchev–Trinajstić information content (AvgIpc) is 3.06. The second kappa shape index (κ2) is 6.44. The van der Waals surface area contributed by atoms with Crippen molar-refractivity contribution in [3.63, 3.8) is 0 Å². The first-order valence-electron chi connectivity index (χ1n) is 7.65. The summed E-state index contributed by atoms with van der Waals surface area (Å²) in [5.41, 5.74) is 2.29. The molecule has 0 fully saturated rings. The molecule has 0 aliphatic heterocycles. The molecule has 0 saturated carbocycles. The van der Waals surface area contributed by atoms with Gasteiger partial charge in [-0.05, 0) is 38.8 Å². The zero-order chi connectivity index (χ0) is 15.5. The fourth-order valence-corrected chi connectivity index (χ4v) is 3.49. The number of nitrogens with zero attached hydrogens (tertiary/aromatic N) is 4. The van der Waals surface area contributed by atoms with Crippen molar-refractivity contribution in [3.8, 4) is 0 Å². The van der Waals surface area contributed by atoms with Crippen LogP contribution in [-0.4, -0.2) is 26.3 Å². The van der Waals surface area contributed by atoms with E-state index in [2.05, 4.69) is 51.0 Å². The summed E-state index contributed by atoms with van der Waals surface area (Å²) in [5, 5.41) is 9.05. The minimum atomic E-state index is 0.877. The fourth-order valence-electron chi connectivity index (χ4n) is 2.56. The third kappa shape index (κ3) is 3.11. The number of fused-ring (bicyclic) bond motifs is 1. The number of aromatic nitrogens is 4. The third-order valence-electron chi connectivity index (χ3n) is 3.67. The molecule has 3 heterocycles. The Morgan fingerprint density at radius 3 is 2.82 bits per heavy atom. The topological polar surface area (TPSA) is 55.6 Å². The van der Waals surface area contributed by atoms with E-state index >= 15 is 0 Å². The van der Waals surface area contributed by atoms with Crippen LogP contribution in [0.4, 0.5) is 5.82 Å². The SMILES string of the molecule is CCc1cc2c(NCCCn3nc(C)cc3C)ncnc2s1. The lowest BCUT2D eigenvalue weighted by Crippen LogP contribution is -2.09. The number of aryl methyl sites for hydroxylation is 4. The highest BCUT2D eigenvalue weighted by Crippen LogP contribution is 2.28. The molecule has 22 heavy (non-hydrogen) atoms. The molecule has 0 atom stereocenters. The van der Waals surface area contributed by atoms with Crippen LogP contribution in [0.15, 0.2) is 18.5 Å². The Bertz CT molecular complexity index is 774. The van der Waals surface area contributed by atoms with Gasteiger partial charge in [-0.25, -0.2) is 9.97 Å². The second-order valence-corrected chi connectivity index (χ2v) is 6.55. The number of nitrogens with one attached hydrogen (secondary N) is 1. The Balaban J connectivity index is 1.62. The Kier molecular flexibility index (Phi) is 4.38. The zero-order valence-corrected chi connectivity index (χ0v) is 14.1. The quantitative estimate of drug-likeness (QED) is 0.707. The van der Waals surface area contributed by atoms with Crippen LogP contribution in [0.5, 0.6) is 0 Å². The van der Waals surface area contributed by atoms with E-state index in [1.165, 1.54) is 10.6 Å². The number of thiophene rings is 1. The minimum Gasteiger partial charge on any atom is -0.369 e. The van der Waals surface area contributed by atoms with Gasteiger partial charge in [-0.1, -0.05) is 6.92 Å². The van der Waals surface area contributed by atoms with Gasteiger partial charge in [0.1, 0.15) is 17.0 Å². The molecule has 3 rings (SSSR count). The summed E-state index contributed by atoms with van der Waals surface area (Å²) in [6.45, 7) is 8.09. The maximum Gasteiger partial charge on any atom is 0.138 e. The Morgan fingerprint density at radius 2 is 2.09 bits per heavy atom. The van der Waals surface area contributed by atoms with E-state index in [1.54, 1.807) is 17.7 Å². The number of anilines is 1. The van der Waals surface area contributed by atoms with Gasteiger partial charge in [0, 0.05) is 23.7 Å². The molecule has 0 bridgehead atoms. The summed E-state index contributed by atoms with van der Waals surface area (Å²) < 4.78 is 2.06. The molecule has 6 heteroatoms. The van der Waals surface area contributed by atoms with Crippen LogP contribution in [0.3, 0.4) is 0 Å². The highest BCUT2D eigenvalue weighted by Gasteiger charge is 2.07. The van der Waals surface area contributed by atoms with Crippen molar-refractivity contribution in [2.45, 2.75) is 40.2 Å². The molecular weight excluding hydrogens is 294 g/mol. The fraction of sp³-hybridized carbons (Fsp3) is 0.438. The van der Waals surface area contributed by atoms with Crippen LogP contribution in [0.1, 0.15) is 29.6 Å². The van der Waals surface area contributed by atoms with E-state index in [1.807, 2.05) is 6.92 Å². The highest BCUT2D eigenvalue weighted by atomic mass is 32.1. The van der Waals surface area contributed by atoms with Crippen molar-refractivity contribution < 1.29 is 0 Å². The molecule has 0 spiro atoms. The molecule has 0 unspecified atom stereocenters. The van der Waals surface area contributed by atoms with Gasteiger partial charge in [0.05, 0.1) is 11.1 Å². The normalized spacial score (nSPS) is 11.2. The molecule has 0 aromatic carbocycles. The number of hydrogen-bond donors (Lipinski definition) is 1. The third-order valence-corrected chi connectivity index (χ3v) is 4.86. The maximum absolute atomic E-state index is 4.48. The second-order valence-electron chi connectivity index (χ2n) is 5.44. The number of rotatable bonds is 6. The lowest BCUT2D eigenvalue weighted by molar-refractivity contribution is 0.573. The molecule has 3 aromatic heterocycles. The molecule has 0 aliphatic rings.